The molecule has 7 heteroatoms. The quantitative estimate of drug-likeness (QED) is 0.870. The summed E-state index contributed by atoms with van der Waals surface area (Å²) in [6.07, 6.45) is 4.73. The third kappa shape index (κ3) is 2.85. The molecule has 2 aromatic heterocycles. The first kappa shape index (κ1) is 15.0. The maximum atomic E-state index is 11.5. The van der Waals surface area contributed by atoms with Gasteiger partial charge < -0.3 is 9.47 Å². The molecule has 1 saturated heterocycles. The van der Waals surface area contributed by atoms with Crippen LogP contribution >= 0.6 is 11.3 Å². The summed E-state index contributed by atoms with van der Waals surface area (Å²) in [6, 6.07) is 0.315. The van der Waals surface area contributed by atoms with E-state index in [-0.39, 0.29) is 5.91 Å². The van der Waals surface area contributed by atoms with Crippen molar-refractivity contribution in [3.05, 3.63) is 28.3 Å². The molecule has 22 heavy (non-hydrogen) atoms. The van der Waals surface area contributed by atoms with Crippen molar-refractivity contribution in [2.45, 2.75) is 39.8 Å². The fraction of sp³-hybridized carbons (Fsp3) is 0.533. The van der Waals surface area contributed by atoms with Crippen LogP contribution in [0.5, 0.6) is 0 Å². The van der Waals surface area contributed by atoms with Crippen molar-refractivity contribution in [1.29, 1.82) is 0 Å². The maximum absolute atomic E-state index is 11.5. The number of rotatable bonds is 3. The summed E-state index contributed by atoms with van der Waals surface area (Å²) < 4.78 is 4.13. The minimum atomic E-state index is 0.152. The van der Waals surface area contributed by atoms with Crippen LogP contribution in [0.2, 0.25) is 0 Å². The molecule has 3 rings (SSSR count). The number of aromatic nitrogens is 3. The van der Waals surface area contributed by atoms with E-state index in [1.807, 2.05) is 15.8 Å². The predicted octanol–water partition coefficient (Wildman–Crippen LogP) is 2.10. The van der Waals surface area contributed by atoms with Gasteiger partial charge in [0.1, 0.15) is 5.69 Å². The van der Waals surface area contributed by atoms with E-state index < -0.39 is 0 Å². The zero-order valence-corrected chi connectivity index (χ0v) is 14.0. The first-order chi connectivity index (χ1) is 10.6. The van der Waals surface area contributed by atoms with E-state index in [0.29, 0.717) is 6.04 Å². The van der Waals surface area contributed by atoms with Crippen LogP contribution in [0.3, 0.4) is 0 Å². The minimum Gasteiger partial charge on any atom is -0.341 e. The van der Waals surface area contributed by atoms with E-state index in [9.17, 15) is 4.79 Å². The fourth-order valence-electron chi connectivity index (χ4n) is 2.86. The largest absolute Gasteiger partial charge is 0.341 e. The number of nitrogens with zero attached hydrogens (tertiary/aromatic N) is 5. The lowest BCUT2D eigenvalue weighted by Crippen LogP contribution is -2.29. The monoisotopic (exact) mass is 319 g/mol. The Bertz CT molecular complexity index is 741. The van der Waals surface area contributed by atoms with Gasteiger partial charge >= 0.3 is 0 Å². The molecule has 3 heterocycles. The second-order valence-corrected chi connectivity index (χ2v) is 6.44. The van der Waals surface area contributed by atoms with Crippen LogP contribution in [0.1, 0.15) is 32.0 Å². The predicted molar refractivity (Wildman–Crippen MR) is 86.1 cm³/mol. The van der Waals surface area contributed by atoms with Gasteiger partial charge in [-0.2, -0.15) is 5.10 Å². The zero-order chi connectivity index (χ0) is 15.7. The van der Waals surface area contributed by atoms with Crippen molar-refractivity contribution in [1.82, 2.24) is 19.2 Å². The smallest absolute Gasteiger partial charge is 0.219 e. The normalized spacial score (nSPS) is 19.1. The number of aryl methyl sites for hydroxylation is 2. The molecule has 0 aromatic carbocycles. The number of carbonyl (C=O) groups is 1. The van der Waals surface area contributed by atoms with Crippen LogP contribution in [0.4, 0.5) is 5.69 Å². The Balaban J connectivity index is 1.93. The Hall–Kier alpha value is -1.89. The molecule has 0 saturated carbocycles. The van der Waals surface area contributed by atoms with Crippen LogP contribution < -0.4 is 4.80 Å². The third-order valence-electron chi connectivity index (χ3n) is 4.06. The number of amides is 1. The van der Waals surface area contributed by atoms with Gasteiger partial charge in [-0.1, -0.05) is 0 Å². The highest BCUT2D eigenvalue weighted by molar-refractivity contribution is 7.07. The fourth-order valence-corrected chi connectivity index (χ4v) is 3.81. The third-order valence-corrected chi connectivity index (χ3v) is 5.02. The molecule has 1 fully saturated rings. The number of likely N-dealkylation sites (tertiary alicyclic amines) is 1. The molecular formula is C15H21N5OS. The lowest BCUT2D eigenvalue weighted by atomic mass is 10.2. The summed E-state index contributed by atoms with van der Waals surface area (Å²) in [5.74, 6) is 0.152. The molecule has 1 aliphatic heterocycles. The van der Waals surface area contributed by atoms with E-state index >= 15 is 0 Å². The lowest BCUT2D eigenvalue weighted by Gasteiger charge is -2.16. The number of thiazole rings is 1. The average Bonchev–Trinajstić information content (AvgIpc) is 3.19. The molecule has 6 nitrogen and oxygen atoms in total. The van der Waals surface area contributed by atoms with Crippen LogP contribution in [-0.4, -0.2) is 38.2 Å². The van der Waals surface area contributed by atoms with Gasteiger partial charge in [0, 0.05) is 37.6 Å². The topological polar surface area (TPSA) is 55.4 Å². The highest BCUT2D eigenvalue weighted by Crippen LogP contribution is 2.23. The highest BCUT2D eigenvalue weighted by atomic mass is 32.1. The molecule has 118 valence electrons. The van der Waals surface area contributed by atoms with Crippen molar-refractivity contribution < 1.29 is 4.79 Å². The standard InChI is InChI=1S/C15H21N5OS/c1-4-19-8-13(7-16-19)17-15-20(11(2)10-22-15)14-5-6-18(9-14)12(3)21/h7-8,10,14H,4-6,9H2,1-3H3. The van der Waals surface area contributed by atoms with Gasteiger partial charge in [-0.15, -0.1) is 11.3 Å². The Labute approximate surface area is 133 Å². The molecule has 1 unspecified atom stereocenters. The average molecular weight is 319 g/mol. The van der Waals surface area contributed by atoms with E-state index in [0.717, 1.165) is 36.5 Å². The lowest BCUT2D eigenvalue weighted by molar-refractivity contribution is -0.127. The Kier molecular flexibility index (Phi) is 4.15. The highest BCUT2D eigenvalue weighted by Gasteiger charge is 2.26. The Morgan fingerprint density at radius 1 is 1.55 bits per heavy atom. The second kappa shape index (κ2) is 6.08. The summed E-state index contributed by atoms with van der Waals surface area (Å²) in [5.41, 5.74) is 2.07. The van der Waals surface area contributed by atoms with Gasteiger partial charge in [0.05, 0.1) is 18.4 Å². The zero-order valence-electron chi connectivity index (χ0n) is 13.2. The van der Waals surface area contributed by atoms with E-state index in [1.165, 1.54) is 5.69 Å². The molecule has 0 N–H and O–H groups in total. The first-order valence-electron chi connectivity index (χ1n) is 7.57. The SMILES string of the molecule is CCn1cc(N=c2scc(C)n2C2CCN(C(C)=O)C2)cn1. The number of carbonyl (C=O) groups excluding carboxylic acids is 1. The van der Waals surface area contributed by atoms with Gasteiger partial charge in [0.15, 0.2) is 4.80 Å². The van der Waals surface area contributed by atoms with Crippen LogP contribution in [0, 0.1) is 6.92 Å². The van der Waals surface area contributed by atoms with Gasteiger partial charge in [0.25, 0.3) is 0 Å². The molecule has 0 aliphatic carbocycles. The molecule has 1 atom stereocenters. The Morgan fingerprint density at radius 3 is 3.00 bits per heavy atom. The van der Waals surface area contributed by atoms with Crippen molar-refractivity contribution in [3.8, 4) is 0 Å². The van der Waals surface area contributed by atoms with Crippen LogP contribution in [0.15, 0.2) is 22.8 Å². The molecule has 0 spiro atoms. The van der Waals surface area contributed by atoms with Gasteiger partial charge in [-0.25, -0.2) is 4.99 Å². The Morgan fingerprint density at radius 2 is 2.36 bits per heavy atom. The van der Waals surface area contributed by atoms with E-state index in [2.05, 4.69) is 28.9 Å². The summed E-state index contributed by atoms with van der Waals surface area (Å²) in [4.78, 5) is 19.2. The summed E-state index contributed by atoms with van der Waals surface area (Å²) in [6.45, 7) is 8.24. The molecule has 0 bridgehead atoms. The van der Waals surface area contributed by atoms with Gasteiger partial charge in [-0.05, 0) is 20.3 Å². The molecular weight excluding hydrogens is 298 g/mol. The van der Waals surface area contributed by atoms with Gasteiger partial charge in [-0.3, -0.25) is 9.48 Å². The number of hydrogen-bond acceptors (Lipinski definition) is 4. The van der Waals surface area contributed by atoms with Crippen molar-refractivity contribution in [2.75, 3.05) is 13.1 Å². The van der Waals surface area contributed by atoms with Crippen molar-refractivity contribution in [3.63, 3.8) is 0 Å². The maximum Gasteiger partial charge on any atom is 0.219 e. The summed E-state index contributed by atoms with van der Waals surface area (Å²) in [7, 11) is 0. The van der Waals surface area contributed by atoms with Crippen molar-refractivity contribution in [2.24, 2.45) is 4.99 Å². The molecule has 1 amide bonds. The second-order valence-electron chi connectivity index (χ2n) is 5.60. The van der Waals surface area contributed by atoms with Crippen LogP contribution in [-0.2, 0) is 11.3 Å². The summed E-state index contributed by atoms with van der Waals surface area (Å²) in [5, 5.41) is 6.39. The van der Waals surface area contributed by atoms with E-state index in [1.54, 1.807) is 24.5 Å². The summed E-state index contributed by atoms with van der Waals surface area (Å²) >= 11 is 1.64. The van der Waals surface area contributed by atoms with Crippen LogP contribution in [0.25, 0.3) is 0 Å². The van der Waals surface area contributed by atoms with Gasteiger partial charge in [0.2, 0.25) is 5.91 Å². The molecule has 1 aliphatic rings. The first-order valence-corrected chi connectivity index (χ1v) is 8.45. The van der Waals surface area contributed by atoms with E-state index in [4.69, 9.17) is 4.99 Å². The molecule has 0 radical (unpaired) electrons. The molecule has 2 aromatic rings. The van der Waals surface area contributed by atoms with Crippen molar-refractivity contribution >= 4 is 22.9 Å². The minimum absolute atomic E-state index is 0.152. The number of hydrogen-bond donors (Lipinski definition) is 0.